The van der Waals surface area contributed by atoms with Gasteiger partial charge in [-0.15, -0.1) is 0 Å². The number of aromatic nitrogens is 1. The van der Waals surface area contributed by atoms with Crippen molar-refractivity contribution < 1.29 is 0 Å². The van der Waals surface area contributed by atoms with Crippen molar-refractivity contribution in [3.8, 4) is 17.3 Å². The summed E-state index contributed by atoms with van der Waals surface area (Å²) in [5.41, 5.74) is 5.19. The van der Waals surface area contributed by atoms with Gasteiger partial charge in [0, 0.05) is 10.9 Å². The topological polar surface area (TPSA) is 36.7 Å². The van der Waals surface area contributed by atoms with Crippen LogP contribution < -0.4 is 0 Å². The SMILES string of the molecule is C=Cc1ccc2c(Cl)c(C)c(-c3ccc(C#N)cc3)nc2c1. The zero-order valence-electron chi connectivity index (χ0n) is 12.1. The van der Waals surface area contributed by atoms with Crippen molar-refractivity contribution in [1.29, 1.82) is 5.26 Å². The molecule has 0 aliphatic rings. The standard InChI is InChI=1S/C19H13ClN2/c1-3-13-6-9-16-17(10-13)22-19(12(2)18(16)20)15-7-4-14(11-21)5-8-15/h3-10H,1H2,2H3. The first kappa shape index (κ1) is 14.3. The Morgan fingerprint density at radius 1 is 1.18 bits per heavy atom. The van der Waals surface area contributed by atoms with Crippen molar-refractivity contribution in [2.45, 2.75) is 6.92 Å². The summed E-state index contributed by atoms with van der Waals surface area (Å²) in [5.74, 6) is 0. The molecule has 0 fully saturated rings. The molecule has 106 valence electrons. The molecular formula is C19H13ClN2. The van der Waals surface area contributed by atoms with Crippen LogP contribution in [0.15, 0.2) is 49.0 Å². The molecule has 0 bridgehead atoms. The molecule has 0 radical (unpaired) electrons. The summed E-state index contributed by atoms with van der Waals surface area (Å²) in [5, 5.41) is 10.5. The minimum Gasteiger partial charge on any atom is -0.247 e. The largest absolute Gasteiger partial charge is 0.247 e. The molecule has 2 aromatic carbocycles. The second kappa shape index (κ2) is 5.63. The van der Waals surface area contributed by atoms with Gasteiger partial charge in [0.05, 0.1) is 27.9 Å². The number of fused-ring (bicyclic) bond motifs is 1. The third-order valence-corrected chi connectivity index (χ3v) is 4.19. The molecule has 0 unspecified atom stereocenters. The zero-order valence-corrected chi connectivity index (χ0v) is 12.9. The lowest BCUT2D eigenvalue weighted by Crippen LogP contribution is -1.93. The third kappa shape index (κ3) is 2.36. The van der Waals surface area contributed by atoms with E-state index in [2.05, 4.69) is 12.6 Å². The van der Waals surface area contributed by atoms with Gasteiger partial charge in [-0.05, 0) is 36.2 Å². The van der Waals surface area contributed by atoms with Crippen LogP contribution >= 0.6 is 11.6 Å². The van der Waals surface area contributed by atoms with E-state index in [1.54, 1.807) is 18.2 Å². The number of rotatable bonds is 2. The van der Waals surface area contributed by atoms with Crippen LogP contribution in [0.1, 0.15) is 16.7 Å². The van der Waals surface area contributed by atoms with E-state index < -0.39 is 0 Å². The highest BCUT2D eigenvalue weighted by Crippen LogP contribution is 2.33. The van der Waals surface area contributed by atoms with Crippen molar-refractivity contribution in [3.05, 3.63) is 70.8 Å². The molecular weight excluding hydrogens is 292 g/mol. The Balaban J connectivity index is 2.26. The average molecular weight is 305 g/mol. The highest BCUT2D eigenvalue weighted by Gasteiger charge is 2.12. The van der Waals surface area contributed by atoms with Gasteiger partial charge in [-0.25, -0.2) is 4.98 Å². The Bertz CT molecular complexity index is 919. The number of halogens is 1. The molecule has 1 heterocycles. The summed E-state index contributed by atoms with van der Waals surface area (Å²) in [6, 6.07) is 15.4. The van der Waals surface area contributed by atoms with E-state index >= 15 is 0 Å². The van der Waals surface area contributed by atoms with Crippen molar-refractivity contribution >= 4 is 28.6 Å². The van der Waals surface area contributed by atoms with Crippen molar-refractivity contribution in [1.82, 2.24) is 4.98 Å². The van der Waals surface area contributed by atoms with E-state index in [1.165, 1.54) is 0 Å². The number of nitrogens with zero attached hydrogens (tertiary/aromatic N) is 2. The molecule has 0 N–H and O–H groups in total. The van der Waals surface area contributed by atoms with Crippen LogP contribution in [0.2, 0.25) is 5.02 Å². The first-order valence-electron chi connectivity index (χ1n) is 6.87. The van der Waals surface area contributed by atoms with Crippen LogP contribution in [0.25, 0.3) is 28.2 Å². The predicted octanol–water partition coefficient (Wildman–Crippen LogP) is 5.38. The number of nitriles is 1. The van der Waals surface area contributed by atoms with Gasteiger partial charge in [0.15, 0.2) is 0 Å². The highest BCUT2D eigenvalue weighted by molar-refractivity contribution is 6.36. The zero-order chi connectivity index (χ0) is 15.7. The smallest absolute Gasteiger partial charge is 0.0991 e. The van der Waals surface area contributed by atoms with Crippen LogP contribution in [0.4, 0.5) is 0 Å². The second-order valence-corrected chi connectivity index (χ2v) is 5.45. The quantitative estimate of drug-likeness (QED) is 0.637. The Hall–Kier alpha value is -2.63. The van der Waals surface area contributed by atoms with Gasteiger partial charge in [-0.1, -0.05) is 48.5 Å². The molecule has 0 aliphatic heterocycles. The van der Waals surface area contributed by atoms with Crippen LogP contribution in [-0.4, -0.2) is 4.98 Å². The minimum absolute atomic E-state index is 0.627. The van der Waals surface area contributed by atoms with Crippen LogP contribution in [0.5, 0.6) is 0 Å². The van der Waals surface area contributed by atoms with E-state index in [0.29, 0.717) is 10.6 Å². The number of hydrogen-bond acceptors (Lipinski definition) is 2. The Kier molecular flexibility index (Phi) is 3.66. The lowest BCUT2D eigenvalue weighted by atomic mass is 10.0. The van der Waals surface area contributed by atoms with Crippen LogP contribution in [0.3, 0.4) is 0 Å². The molecule has 0 aliphatic carbocycles. The second-order valence-electron chi connectivity index (χ2n) is 5.07. The van der Waals surface area contributed by atoms with Gasteiger partial charge in [0.2, 0.25) is 0 Å². The van der Waals surface area contributed by atoms with Gasteiger partial charge in [0.25, 0.3) is 0 Å². The van der Waals surface area contributed by atoms with Gasteiger partial charge in [-0.2, -0.15) is 5.26 Å². The Labute approximate surface area is 134 Å². The van der Waals surface area contributed by atoms with E-state index in [1.807, 2.05) is 37.3 Å². The first-order valence-corrected chi connectivity index (χ1v) is 7.24. The van der Waals surface area contributed by atoms with E-state index in [0.717, 1.165) is 33.3 Å². The molecule has 3 aromatic rings. The maximum atomic E-state index is 8.90. The van der Waals surface area contributed by atoms with Gasteiger partial charge >= 0.3 is 0 Å². The number of pyridine rings is 1. The molecule has 0 saturated heterocycles. The van der Waals surface area contributed by atoms with Crippen molar-refractivity contribution in [3.63, 3.8) is 0 Å². The maximum absolute atomic E-state index is 8.90. The number of hydrogen-bond donors (Lipinski definition) is 0. The van der Waals surface area contributed by atoms with E-state index in [-0.39, 0.29) is 0 Å². The Morgan fingerprint density at radius 2 is 1.91 bits per heavy atom. The molecule has 0 atom stereocenters. The lowest BCUT2D eigenvalue weighted by Gasteiger charge is -2.11. The third-order valence-electron chi connectivity index (χ3n) is 3.70. The summed E-state index contributed by atoms with van der Waals surface area (Å²) in [4.78, 5) is 4.75. The van der Waals surface area contributed by atoms with Gasteiger partial charge in [-0.3, -0.25) is 0 Å². The molecule has 3 heteroatoms. The molecule has 0 saturated carbocycles. The normalized spacial score (nSPS) is 10.4. The van der Waals surface area contributed by atoms with Crippen molar-refractivity contribution in [2.75, 3.05) is 0 Å². The van der Waals surface area contributed by atoms with Gasteiger partial charge < -0.3 is 0 Å². The van der Waals surface area contributed by atoms with Crippen molar-refractivity contribution in [2.24, 2.45) is 0 Å². The van der Waals surface area contributed by atoms with Gasteiger partial charge in [0.1, 0.15) is 0 Å². The first-order chi connectivity index (χ1) is 10.6. The lowest BCUT2D eigenvalue weighted by molar-refractivity contribution is 1.32. The van der Waals surface area contributed by atoms with Crippen LogP contribution in [-0.2, 0) is 0 Å². The fourth-order valence-electron chi connectivity index (χ4n) is 2.45. The predicted molar refractivity (Wildman–Crippen MR) is 91.7 cm³/mol. The summed E-state index contributed by atoms with van der Waals surface area (Å²) < 4.78 is 0. The fourth-order valence-corrected chi connectivity index (χ4v) is 2.70. The molecule has 1 aromatic heterocycles. The molecule has 0 spiro atoms. The summed E-state index contributed by atoms with van der Waals surface area (Å²) >= 11 is 6.52. The maximum Gasteiger partial charge on any atom is 0.0991 e. The fraction of sp³-hybridized carbons (Fsp3) is 0.0526. The van der Waals surface area contributed by atoms with Crippen LogP contribution in [0, 0.1) is 18.3 Å². The summed E-state index contributed by atoms with van der Waals surface area (Å²) in [6.45, 7) is 5.75. The van der Waals surface area contributed by atoms with E-state index in [9.17, 15) is 0 Å². The average Bonchev–Trinajstić information content (AvgIpc) is 2.57. The monoisotopic (exact) mass is 304 g/mol. The molecule has 3 rings (SSSR count). The minimum atomic E-state index is 0.627. The number of benzene rings is 2. The molecule has 2 nitrogen and oxygen atoms in total. The molecule has 0 amide bonds. The highest BCUT2D eigenvalue weighted by atomic mass is 35.5. The summed E-state index contributed by atoms with van der Waals surface area (Å²) in [6.07, 6.45) is 1.79. The molecule has 22 heavy (non-hydrogen) atoms. The Morgan fingerprint density at radius 3 is 2.55 bits per heavy atom. The summed E-state index contributed by atoms with van der Waals surface area (Å²) in [7, 11) is 0. The van der Waals surface area contributed by atoms with E-state index in [4.69, 9.17) is 21.8 Å².